The van der Waals surface area contributed by atoms with Crippen LogP contribution in [0.1, 0.15) is 152 Å². The molecule has 83 heavy (non-hydrogen) atoms. The van der Waals surface area contributed by atoms with E-state index in [9.17, 15) is 63.0 Å². The molecule has 1 aliphatic heterocycles. The van der Waals surface area contributed by atoms with Gasteiger partial charge in [-0.05, 0) is 129 Å². The van der Waals surface area contributed by atoms with Gasteiger partial charge in [-0.2, -0.15) is 0 Å². The first kappa shape index (κ1) is 75.1. The van der Waals surface area contributed by atoms with Crippen LogP contribution >= 0.6 is 0 Å². The number of hydrogen-bond donors (Lipinski definition) is 17. The molecule has 1 saturated heterocycles. The van der Waals surface area contributed by atoms with Crippen molar-refractivity contribution >= 4 is 64.9 Å². The highest BCUT2D eigenvalue weighted by atomic mass is 16.3. The normalized spacial score (nSPS) is 23.4. The van der Waals surface area contributed by atoms with E-state index in [2.05, 4.69) is 67.0 Å². The van der Waals surface area contributed by atoms with Gasteiger partial charge in [-0.15, -0.1) is 0 Å². The maximum Gasteiger partial charge on any atom is 0.245 e. The third-order valence-electron chi connectivity index (χ3n) is 14.2. The van der Waals surface area contributed by atoms with Gasteiger partial charge in [0, 0.05) is 37.8 Å². The molecule has 1 heterocycles. The number of nitrogens with two attached hydrogens (primary N) is 5. The Kier molecular flexibility index (Phi) is 36.5. The number of carbonyl (C=O) groups is 11. The van der Waals surface area contributed by atoms with Gasteiger partial charge in [0.25, 0.3) is 0 Å². The minimum atomic E-state index is -1.66. The molecule has 0 radical (unpaired) electrons. The molecular formula is C55H103N15O13. The summed E-state index contributed by atoms with van der Waals surface area (Å²) in [5.41, 5.74) is 29.3. The Morgan fingerprint density at radius 1 is 0.566 bits per heavy atom. The van der Waals surface area contributed by atoms with E-state index >= 15 is 0 Å². The lowest BCUT2D eigenvalue weighted by atomic mass is 9.88. The Morgan fingerprint density at radius 3 is 1.63 bits per heavy atom. The second-order valence-corrected chi connectivity index (χ2v) is 22.7. The van der Waals surface area contributed by atoms with Gasteiger partial charge in [-0.3, -0.25) is 52.7 Å². The third-order valence-corrected chi connectivity index (χ3v) is 14.2. The molecule has 476 valence electrons. The Labute approximate surface area is 489 Å². The van der Waals surface area contributed by atoms with Gasteiger partial charge in [0.1, 0.15) is 42.3 Å². The van der Waals surface area contributed by atoms with Crippen LogP contribution in [-0.2, 0) is 52.7 Å². The highest BCUT2D eigenvalue weighted by Gasteiger charge is 2.37. The molecule has 28 nitrogen and oxygen atoms in total. The first-order chi connectivity index (χ1) is 39.2. The number of amides is 10. The van der Waals surface area contributed by atoms with Crippen molar-refractivity contribution in [1.82, 2.24) is 53.2 Å². The topological polar surface area (TPSA) is 479 Å². The molecule has 1 fully saturated rings. The number of Topliss-reactive ketones (excluding diaryl/α,β-unsaturated/α-hetero) is 1. The molecule has 0 aromatic rings. The zero-order chi connectivity index (χ0) is 62.9. The first-order valence-electron chi connectivity index (χ1n) is 29.5. The zero-order valence-electron chi connectivity index (χ0n) is 50.3. The van der Waals surface area contributed by atoms with Crippen LogP contribution in [0.3, 0.4) is 0 Å². The molecule has 0 aromatic carbocycles. The van der Waals surface area contributed by atoms with Crippen molar-refractivity contribution < 1.29 is 63.0 Å². The summed E-state index contributed by atoms with van der Waals surface area (Å²) in [6, 6.07) is -12.1. The summed E-state index contributed by atoms with van der Waals surface area (Å²) < 4.78 is 0. The van der Waals surface area contributed by atoms with Gasteiger partial charge >= 0.3 is 0 Å². The van der Waals surface area contributed by atoms with Crippen molar-refractivity contribution in [1.29, 1.82) is 0 Å². The van der Waals surface area contributed by atoms with Crippen LogP contribution in [0, 0.1) is 23.7 Å². The lowest BCUT2D eigenvalue weighted by Crippen LogP contribution is -2.60. The van der Waals surface area contributed by atoms with Gasteiger partial charge < -0.3 is 92.0 Å². The quantitative estimate of drug-likeness (QED) is 0.0326. The summed E-state index contributed by atoms with van der Waals surface area (Å²) in [6.07, 6.45) is -0.991. The summed E-state index contributed by atoms with van der Waals surface area (Å²) in [5.74, 6) is -9.45. The molecule has 10 amide bonds. The second-order valence-electron chi connectivity index (χ2n) is 22.7. The molecular weight excluding hydrogens is 1080 g/mol. The minimum Gasteiger partial charge on any atom is -0.391 e. The molecule has 0 aromatic heterocycles. The Hall–Kier alpha value is -5.91. The lowest BCUT2D eigenvalue weighted by Gasteiger charge is -2.28. The highest BCUT2D eigenvalue weighted by Crippen LogP contribution is 2.20. The molecule has 1 unspecified atom stereocenters. The number of hydrogen-bond acceptors (Lipinski definition) is 18. The van der Waals surface area contributed by atoms with E-state index in [0.29, 0.717) is 25.2 Å². The van der Waals surface area contributed by atoms with Gasteiger partial charge in [0.15, 0.2) is 5.78 Å². The molecule has 28 heteroatoms. The van der Waals surface area contributed by atoms with Crippen molar-refractivity contribution in [3.63, 3.8) is 0 Å². The van der Waals surface area contributed by atoms with Crippen LogP contribution in [0.4, 0.5) is 0 Å². The standard InChI is InChI=1S/C55H103N15O13/c1-9-32(6)11-10-12-44(74)62-36(15-21-56)13-14-45(75)69-47(34(8)72)55(83)67-39(18-24-59)50(78)66-41-20-26-61-54(82)46(33(7)71)70-52(80)40(19-25-60)64-49(77)38(17-23-58)65-53(81)42(28-31(4)5)68-48(76)35(27-30(2)3)29-43(73)37(16-22-57)63-51(41)79/h30-42,46-47,71-72H,9-29,56-60H2,1-8H3,(H,61,82)(H,62,74)(H,63,79)(H,64,77)(H,65,81)(H,66,78)(H,67,83)(H,68,76)(H,69,75)(H,70,80)/t32?,33-,34-,35+,36-,37+,38+,39+,40+,41+,42+,46+,47+/m1/s1. The number of aliphatic hydroxyl groups is 2. The number of aliphatic hydroxyl groups excluding tert-OH is 2. The molecule has 1 aliphatic rings. The van der Waals surface area contributed by atoms with E-state index in [0.717, 1.165) is 12.8 Å². The highest BCUT2D eigenvalue weighted by molar-refractivity contribution is 5.99. The maximum absolute atomic E-state index is 14.4. The fraction of sp³-hybridized carbons (Fsp3) is 0.800. The fourth-order valence-corrected chi connectivity index (χ4v) is 9.31. The predicted octanol–water partition coefficient (Wildman–Crippen LogP) is -3.96. The van der Waals surface area contributed by atoms with Crippen LogP contribution in [0.15, 0.2) is 0 Å². The van der Waals surface area contributed by atoms with E-state index in [1.165, 1.54) is 13.8 Å². The average Bonchev–Trinajstić information content (AvgIpc) is 3.41. The van der Waals surface area contributed by atoms with E-state index in [1.807, 2.05) is 27.7 Å². The van der Waals surface area contributed by atoms with Crippen molar-refractivity contribution in [2.45, 2.75) is 218 Å². The van der Waals surface area contributed by atoms with Crippen molar-refractivity contribution in [2.24, 2.45) is 52.3 Å². The Balaban J connectivity index is 3.74. The van der Waals surface area contributed by atoms with Crippen molar-refractivity contribution in [3.05, 3.63) is 0 Å². The van der Waals surface area contributed by atoms with E-state index in [4.69, 9.17) is 28.7 Å². The summed E-state index contributed by atoms with van der Waals surface area (Å²) in [4.78, 5) is 152. The SMILES string of the molecule is CCC(C)CCCC(=O)N[C@@H](CCN)CCC(=O)N[C@H](C(=O)N[C@@H](CCN)C(=O)N[C@H]1CCNC(=O)[C@H]([C@@H](C)O)NC(=O)[C@H](CCN)NC(=O)[C@H](CCN)NC(=O)[C@H](CC(C)C)NC(=O)[C@@H](CC(C)C)CC(=O)[C@H](CCN)NC1=O)[C@@H](C)O. The maximum atomic E-state index is 14.4. The van der Waals surface area contributed by atoms with Crippen LogP contribution in [0.5, 0.6) is 0 Å². The summed E-state index contributed by atoms with van der Waals surface area (Å²) in [6.45, 7) is 13.2. The first-order valence-corrected chi connectivity index (χ1v) is 29.5. The molecule has 0 spiro atoms. The van der Waals surface area contributed by atoms with E-state index < -0.39 is 151 Å². The Morgan fingerprint density at radius 2 is 1.10 bits per heavy atom. The molecule has 0 aliphatic carbocycles. The predicted molar refractivity (Wildman–Crippen MR) is 311 cm³/mol. The number of ketones is 1. The largest absolute Gasteiger partial charge is 0.391 e. The summed E-state index contributed by atoms with van der Waals surface area (Å²) in [7, 11) is 0. The molecule has 13 atom stereocenters. The smallest absolute Gasteiger partial charge is 0.245 e. The van der Waals surface area contributed by atoms with Gasteiger partial charge in [0.2, 0.25) is 59.1 Å². The minimum absolute atomic E-state index is 0.0845. The molecule has 0 saturated carbocycles. The lowest BCUT2D eigenvalue weighted by molar-refractivity contribution is -0.136. The third kappa shape index (κ3) is 29.0. The zero-order valence-corrected chi connectivity index (χ0v) is 50.3. The molecule has 0 bridgehead atoms. The van der Waals surface area contributed by atoms with Gasteiger partial charge in [-0.25, -0.2) is 0 Å². The Bertz CT molecular complexity index is 2080. The molecule has 1 rings (SSSR count). The van der Waals surface area contributed by atoms with E-state index in [-0.39, 0.29) is 102 Å². The van der Waals surface area contributed by atoms with Crippen LogP contribution in [-0.4, -0.2) is 181 Å². The van der Waals surface area contributed by atoms with E-state index in [1.54, 1.807) is 0 Å². The van der Waals surface area contributed by atoms with Crippen LogP contribution in [0.2, 0.25) is 0 Å². The number of rotatable bonds is 30. The van der Waals surface area contributed by atoms with Crippen LogP contribution < -0.4 is 81.8 Å². The number of carbonyl (C=O) groups excluding carboxylic acids is 11. The van der Waals surface area contributed by atoms with Crippen LogP contribution in [0.25, 0.3) is 0 Å². The van der Waals surface area contributed by atoms with Gasteiger partial charge in [0.05, 0.1) is 18.2 Å². The summed E-state index contributed by atoms with van der Waals surface area (Å²) in [5, 5.41) is 47.4. The van der Waals surface area contributed by atoms with Crippen molar-refractivity contribution in [2.75, 3.05) is 39.3 Å². The molecule has 22 N–H and O–H groups in total. The summed E-state index contributed by atoms with van der Waals surface area (Å²) >= 11 is 0. The monoisotopic (exact) mass is 1180 g/mol. The average molecular weight is 1180 g/mol. The fourth-order valence-electron chi connectivity index (χ4n) is 9.31. The van der Waals surface area contributed by atoms with Gasteiger partial charge in [-0.1, -0.05) is 54.4 Å². The van der Waals surface area contributed by atoms with Crippen molar-refractivity contribution in [3.8, 4) is 0 Å². The second kappa shape index (κ2) is 40.4. The number of nitrogens with one attached hydrogen (secondary N) is 10.